The van der Waals surface area contributed by atoms with Gasteiger partial charge in [0.15, 0.2) is 0 Å². The molecule has 1 aromatic heterocycles. The molecule has 0 atom stereocenters. The summed E-state index contributed by atoms with van der Waals surface area (Å²) in [5.74, 6) is 0.0520. The summed E-state index contributed by atoms with van der Waals surface area (Å²) in [5.41, 5.74) is 3.40. The number of hydrogen-bond donors (Lipinski definition) is 1. The van der Waals surface area contributed by atoms with Gasteiger partial charge in [0.1, 0.15) is 5.78 Å². The number of para-hydroxylation sites is 2. The summed E-state index contributed by atoms with van der Waals surface area (Å²) in [6.45, 7) is 2.42. The third kappa shape index (κ3) is 3.04. The summed E-state index contributed by atoms with van der Waals surface area (Å²) in [5, 5.41) is 8.39. The highest BCUT2D eigenvalue weighted by Gasteiger charge is 2.11. The SMILES string of the molecule is Br.CC(=O)Cn1c(=N)n(Cc2ccccc2)c2ccccc21. The standard InChI is InChI=1S/C17H17N3O.BrH/c1-13(21)11-19-15-9-5-6-10-16(15)20(17(19)18)12-14-7-3-2-4-8-14;/h2-10,18H,11-12H2,1H3;1H. The van der Waals surface area contributed by atoms with E-state index in [-0.39, 0.29) is 29.3 Å². The minimum Gasteiger partial charge on any atom is -0.306 e. The minimum atomic E-state index is 0. The van der Waals surface area contributed by atoms with Gasteiger partial charge in [-0.2, -0.15) is 0 Å². The van der Waals surface area contributed by atoms with E-state index in [4.69, 9.17) is 5.41 Å². The van der Waals surface area contributed by atoms with Gasteiger partial charge in [-0.25, -0.2) is 0 Å². The molecule has 0 bridgehead atoms. The van der Waals surface area contributed by atoms with Crippen LogP contribution in [0.1, 0.15) is 12.5 Å². The zero-order valence-electron chi connectivity index (χ0n) is 12.3. The molecule has 22 heavy (non-hydrogen) atoms. The molecule has 0 radical (unpaired) electrons. The summed E-state index contributed by atoms with van der Waals surface area (Å²) < 4.78 is 3.70. The summed E-state index contributed by atoms with van der Waals surface area (Å²) in [6.07, 6.45) is 0. The van der Waals surface area contributed by atoms with Crippen molar-refractivity contribution in [3.63, 3.8) is 0 Å². The first-order valence-corrected chi connectivity index (χ1v) is 6.93. The Hall–Kier alpha value is -2.14. The van der Waals surface area contributed by atoms with E-state index in [1.165, 1.54) is 0 Å². The number of aromatic nitrogens is 2. The highest BCUT2D eigenvalue weighted by atomic mass is 79.9. The van der Waals surface area contributed by atoms with Crippen LogP contribution in [-0.2, 0) is 17.9 Å². The highest BCUT2D eigenvalue weighted by Crippen LogP contribution is 2.14. The van der Waals surface area contributed by atoms with Gasteiger partial charge in [-0.05, 0) is 24.6 Å². The van der Waals surface area contributed by atoms with Gasteiger partial charge >= 0.3 is 0 Å². The number of hydrogen-bond acceptors (Lipinski definition) is 2. The number of fused-ring (bicyclic) bond motifs is 1. The van der Waals surface area contributed by atoms with Crippen LogP contribution in [0.3, 0.4) is 0 Å². The molecule has 0 aliphatic heterocycles. The third-order valence-electron chi connectivity index (χ3n) is 3.54. The number of benzene rings is 2. The van der Waals surface area contributed by atoms with Crippen LogP contribution in [0.25, 0.3) is 11.0 Å². The Kier molecular flexibility index (Phi) is 4.98. The molecule has 4 nitrogen and oxygen atoms in total. The lowest BCUT2D eigenvalue weighted by Crippen LogP contribution is -2.27. The van der Waals surface area contributed by atoms with E-state index in [9.17, 15) is 4.79 Å². The molecule has 0 aliphatic rings. The number of rotatable bonds is 4. The molecule has 0 fully saturated rings. The molecule has 3 rings (SSSR count). The third-order valence-corrected chi connectivity index (χ3v) is 3.54. The van der Waals surface area contributed by atoms with Crippen molar-refractivity contribution in [3.05, 3.63) is 65.8 Å². The molecule has 0 unspecified atom stereocenters. The molecule has 3 aromatic rings. The van der Waals surface area contributed by atoms with E-state index >= 15 is 0 Å². The van der Waals surface area contributed by atoms with Crippen LogP contribution in [-0.4, -0.2) is 14.9 Å². The largest absolute Gasteiger partial charge is 0.306 e. The fraction of sp³-hybridized carbons (Fsp3) is 0.176. The Morgan fingerprint density at radius 1 is 0.955 bits per heavy atom. The van der Waals surface area contributed by atoms with Crippen molar-refractivity contribution >= 4 is 33.8 Å². The Morgan fingerprint density at radius 2 is 1.50 bits per heavy atom. The van der Waals surface area contributed by atoms with Crippen molar-refractivity contribution in [2.75, 3.05) is 0 Å². The van der Waals surface area contributed by atoms with Gasteiger partial charge in [-0.15, -0.1) is 17.0 Å². The molecule has 0 saturated carbocycles. The maximum atomic E-state index is 11.5. The number of nitrogens with one attached hydrogen (secondary N) is 1. The van der Waals surface area contributed by atoms with Crippen molar-refractivity contribution in [1.82, 2.24) is 9.13 Å². The second-order valence-corrected chi connectivity index (χ2v) is 5.17. The van der Waals surface area contributed by atoms with Crippen LogP contribution in [0.15, 0.2) is 54.6 Å². The Balaban J connectivity index is 0.00000176. The highest BCUT2D eigenvalue weighted by molar-refractivity contribution is 8.93. The predicted octanol–water partition coefficient (Wildman–Crippen LogP) is 3.14. The zero-order chi connectivity index (χ0) is 14.8. The number of carbonyl (C=O) groups is 1. The maximum Gasteiger partial charge on any atom is 0.203 e. The molecule has 0 amide bonds. The average molecular weight is 360 g/mol. The van der Waals surface area contributed by atoms with E-state index in [2.05, 4.69) is 0 Å². The number of carbonyl (C=O) groups excluding carboxylic acids is 1. The number of ketones is 1. The first-order chi connectivity index (χ1) is 10.2. The van der Waals surface area contributed by atoms with Crippen LogP contribution in [0, 0.1) is 5.41 Å². The lowest BCUT2D eigenvalue weighted by atomic mass is 10.2. The zero-order valence-corrected chi connectivity index (χ0v) is 14.0. The lowest BCUT2D eigenvalue weighted by Gasteiger charge is -2.04. The number of imidazole rings is 1. The van der Waals surface area contributed by atoms with Gasteiger partial charge in [0.25, 0.3) is 0 Å². The van der Waals surface area contributed by atoms with Gasteiger partial charge < -0.3 is 9.13 Å². The van der Waals surface area contributed by atoms with Crippen LogP contribution in [0.4, 0.5) is 0 Å². The smallest absolute Gasteiger partial charge is 0.203 e. The van der Waals surface area contributed by atoms with Crippen molar-refractivity contribution in [1.29, 1.82) is 5.41 Å². The first-order valence-electron chi connectivity index (χ1n) is 6.93. The molecule has 2 aromatic carbocycles. The Morgan fingerprint density at radius 3 is 2.09 bits per heavy atom. The van der Waals surface area contributed by atoms with E-state index in [1.807, 2.05) is 59.2 Å². The maximum absolute atomic E-state index is 11.5. The van der Waals surface area contributed by atoms with Gasteiger partial charge in [-0.3, -0.25) is 10.2 Å². The fourth-order valence-electron chi connectivity index (χ4n) is 2.60. The molecule has 5 heteroatoms. The Bertz CT molecular complexity index is 849. The molecule has 114 valence electrons. The molecule has 1 heterocycles. The minimum absolute atomic E-state index is 0. The number of nitrogens with zero attached hydrogens (tertiary/aromatic N) is 2. The van der Waals surface area contributed by atoms with E-state index in [0.717, 1.165) is 16.6 Å². The van der Waals surface area contributed by atoms with Crippen LogP contribution in [0.2, 0.25) is 0 Å². The molecule has 0 saturated heterocycles. The van der Waals surface area contributed by atoms with E-state index in [1.54, 1.807) is 11.5 Å². The first kappa shape index (κ1) is 16.2. The van der Waals surface area contributed by atoms with Gasteiger partial charge in [0.2, 0.25) is 5.62 Å². The normalized spacial score (nSPS) is 10.4. The van der Waals surface area contributed by atoms with Crippen molar-refractivity contribution < 1.29 is 4.79 Å². The molecule has 0 aliphatic carbocycles. The van der Waals surface area contributed by atoms with Gasteiger partial charge in [-0.1, -0.05) is 42.5 Å². The second kappa shape index (κ2) is 6.75. The summed E-state index contributed by atoms with van der Waals surface area (Å²) in [7, 11) is 0. The molecule has 0 spiro atoms. The van der Waals surface area contributed by atoms with Crippen molar-refractivity contribution in [2.24, 2.45) is 0 Å². The van der Waals surface area contributed by atoms with Crippen LogP contribution < -0.4 is 5.62 Å². The topological polar surface area (TPSA) is 50.8 Å². The molecule has 1 N–H and O–H groups in total. The average Bonchev–Trinajstić information content (AvgIpc) is 2.74. The van der Waals surface area contributed by atoms with E-state index in [0.29, 0.717) is 12.2 Å². The van der Waals surface area contributed by atoms with Gasteiger partial charge in [0, 0.05) is 0 Å². The monoisotopic (exact) mass is 359 g/mol. The van der Waals surface area contributed by atoms with Crippen molar-refractivity contribution in [2.45, 2.75) is 20.0 Å². The molecular formula is C17H18BrN3O. The van der Waals surface area contributed by atoms with Crippen LogP contribution >= 0.6 is 17.0 Å². The lowest BCUT2D eigenvalue weighted by molar-refractivity contribution is -0.117. The number of halogens is 1. The summed E-state index contributed by atoms with van der Waals surface area (Å²) >= 11 is 0. The fourth-order valence-corrected chi connectivity index (χ4v) is 2.60. The number of Topliss-reactive ketones (excluding diaryl/α,β-unsaturated/α-hetero) is 1. The molecular weight excluding hydrogens is 342 g/mol. The van der Waals surface area contributed by atoms with Crippen molar-refractivity contribution in [3.8, 4) is 0 Å². The van der Waals surface area contributed by atoms with Gasteiger partial charge in [0.05, 0.1) is 24.1 Å². The summed E-state index contributed by atoms with van der Waals surface area (Å²) in [4.78, 5) is 11.5. The Labute approximate surface area is 139 Å². The van der Waals surface area contributed by atoms with E-state index < -0.39 is 0 Å². The van der Waals surface area contributed by atoms with Crippen LogP contribution in [0.5, 0.6) is 0 Å². The summed E-state index contributed by atoms with van der Waals surface area (Å²) in [6, 6.07) is 17.9. The second-order valence-electron chi connectivity index (χ2n) is 5.17. The quantitative estimate of drug-likeness (QED) is 0.764. The predicted molar refractivity (Wildman–Crippen MR) is 92.3 cm³/mol.